The van der Waals surface area contributed by atoms with Gasteiger partial charge in [-0.3, -0.25) is 0 Å². The summed E-state index contributed by atoms with van der Waals surface area (Å²) in [6.07, 6.45) is 1.23. The van der Waals surface area contributed by atoms with Gasteiger partial charge in [-0.1, -0.05) is 13.3 Å². The minimum atomic E-state index is 0.737. The molecule has 1 heterocycles. The van der Waals surface area contributed by atoms with Crippen LogP contribution >= 0.6 is 11.3 Å². The minimum Gasteiger partial charge on any atom is -0.366 e. The Balaban J connectivity index is 2.54. The van der Waals surface area contributed by atoms with Crippen molar-refractivity contribution in [2.45, 2.75) is 20.3 Å². The van der Waals surface area contributed by atoms with Crippen molar-refractivity contribution < 1.29 is 0 Å². The lowest BCUT2D eigenvalue weighted by Gasteiger charge is -2.24. The van der Waals surface area contributed by atoms with Crippen molar-refractivity contribution in [3.63, 3.8) is 0 Å². The summed E-state index contributed by atoms with van der Waals surface area (Å²) >= 11 is 1.83. The van der Waals surface area contributed by atoms with E-state index in [0.29, 0.717) is 0 Å². The van der Waals surface area contributed by atoms with Gasteiger partial charge in [0.1, 0.15) is 0 Å². The van der Waals surface area contributed by atoms with Gasteiger partial charge < -0.3 is 10.2 Å². The molecular weight excluding hydrogens is 204 g/mol. The van der Waals surface area contributed by atoms with E-state index in [1.165, 1.54) is 17.0 Å². The Hall–Kier alpha value is -0.540. The highest BCUT2D eigenvalue weighted by Crippen LogP contribution is 2.26. The van der Waals surface area contributed by atoms with Crippen LogP contribution in [0.3, 0.4) is 0 Å². The molecule has 0 bridgehead atoms. The predicted molar refractivity (Wildman–Crippen MR) is 70.0 cm³/mol. The number of rotatable bonds is 6. The topological polar surface area (TPSA) is 15.3 Å². The molecule has 0 radical (unpaired) electrons. The van der Waals surface area contributed by atoms with Gasteiger partial charge in [0.05, 0.1) is 5.00 Å². The highest BCUT2D eigenvalue weighted by atomic mass is 32.1. The third-order valence-electron chi connectivity index (χ3n) is 2.78. The lowest BCUT2D eigenvalue weighted by Crippen LogP contribution is -2.30. The molecule has 0 aliphatic rings. The van der Waals surface area contributed by atoms with E-state index in [2.05, 4.69) is 42.6 Å². The molecular formula is C12H22N2S. The first-order valence-electron chi connectivity index (χ1n) is 5.58. The van der Waals surface area contributed by atoms with E-state index in [-0.39, 0.29) is 0 Å². The molecule has 86 valence electrons. The van der Waals surface area contributed by atoms with E-state index in [9.17, 15) is 0 Å². The number of hydrogen-bond donors (Lipinski definition) is 1. The van der Waals surface area contributed by atoms with Gasteiger partial charge in [-0.15, -0.1) is 11.3 Å². The van der Waals surface area contributed by atoms with Crippen molar-refractivity contribution in [2.24, 2.45) is 5.92 Å². The highest BCUT2D eigenvalue weighted by molar-refractivity contribution is 7.14. The Morgan fingerprint density at radius 2 is 2.27 bits per heavy atom. The molecule has 0 spiro atoms. The van der Waals surface area contributed by atoms with Crippen molar-refractivity contribution in [3.8, 4) is 0 Å². The first-order valence-corrected chi connectivity index (χ1v) is 6.46. The smallest absolute Gasteiger partial charge is 0.0935 e. The molecule has 0 fully saturated rings. The van der Waals surface area contributed by atoms with Crippen molar-refractivity contribution in [1.82, 2.24) is 5.32 Å². The minimum absolute atomic E-state index is 0.737. The summed E-state index contributed by atoms with van der Waals surface area (Å²) < 4.78 is 0. The molecule has 1 aromatic rings. The Kier molecular flexibility index (Phi) is 5.12. The Labute approximate surface area is 97.3 Å². The number of thiophene rings is 1. The molecule has 1 atom stereocenters. The summed E-state index contributed by atoms with van der Waals surface area (Å²) in [5.74, 6) is 0.737. The second kappa shape index (κ2) is 6.13. The van der Waals surface area contributed by atoms with Crippen LogP contribution in [0.25, 0.3) is 0 Å². The zero-order valence-corrected chi connectivity index (χ0v) is 11.0. The summed E-state index contributed by atoms with van der Waals surface area (Å²) in [5.41, 5.74) is 1.39. The fourth-order valence-electron chi connectivity index (χ4n) is 1.85. The van der Waals surface area contributed by atoms with Gasteiger partial charge in [0.2, 0.25) is 0 Å². The van der Waals surface area contributed by atoms with Crippen molar-refractivity contribution in [2.75, 3.05) is 32.1 Å². The van der Waals surface area contributed by atoms with Gasteiger partial charge >= 0.3 is 0 Å². The van der Waals surface area contributed by atoms with E-state index in [4.69, 9.17) is 0 Å². The largest absolute Gasteiger partial charge is 0.366 e. The van der Waals surface area contributed by atoms with Crippen LogP contribution in [0.4, 0.5) is 5.00 Å². The molecule has 0 aliphatic heterocycles. The molecule has 1 rings (SSSR count). The maximum atomic E-state index is 3.26. The fourth-order valence-corrected chi connectivity index (χ4v) is 2.76. The van der Waals surface area contributed by atoms with E-state index >= 15 is 0 Å². The fraction of sp³-hybridized carbons (Fsp3) is 0.667. The van der Waals surface area contributed by atoms with Crippen LogP contribution in [0, 0.1) is 12.8 Å². The third-order valence-corrected chi connectivity index (χ3v) is 3.91. The monoisotopic (exact) mass is 226 g/mol. The molecule has 1 aromatic heterocycles. The van der Waals surface area contributed by atoms with Crippen LogP contribution in [0.2, 0.25) is 0 Å². The molecule has 3 heteroatoms. The van der Waals surface area contributed by atoms with E-state index in [1.807, 2.05) is 18.4 Å². The number of aryl methyl sites for hydroxylation is 1. The SMILES string of the molecule is CCC(CNC)CN(C)c1sccc1C. The van der Waals surface area contributed by atoms with Gasteiger partial charge in [-0.05, 0) is 43.4 Å². The highest BCUT2D eigenvalue weighted by Gasteiger charge is 2.11. The lowest BCUT2D eigenvalue weighted by atomic mass is 10.1. The van der Waals surface area contributed by atoms with Gasteiger partial charge in [-0.2, -0.15) is 0 Å². The first kappa shape index (κ1) is 12.5. The van der Waals surface area contributed by atoms with Crippen LogP contribution in [-0.2, 0) is 0 Å². The maximum absolute atomic E-state index is 3.26. The van der Waals surface area contributed by atoms with Crippen LogP contribution in [0.15, 0.2) is 11.4 Å². The molecule has 1 N–H and O–H groups in total. The van der Waals surface area contributed by atoms with Crippen LogP contribution in [0.1, 0.15) is 18.9 Å². The number of hydrogen-bond acceptors (Lipinski definition) is 3. The second-order valence-corrected chi connectivity index (χ2v) is 5.02. The predicted octanol–water partition coefficient (Wildman–Crippen LogP) is 2.74. The Morgan fingerprint density at radius 1 is 1.53 bits per heavy atom. The van der Waals surface area contributed by atoms with Crippen molar-refractivity contribution in [1.29, 1.82) is 0 Å². The molecule has 0 aromatic carbocycles. The molecule has 0 aliphatic carbocycles. The summed E-state index contributed by atoms with van der Waals surface area (Å²) in [7, 11) is 4.22. The molecule has 2 nitrogen and oxygen atoms in total. The molecule has 15 heavy (non-hydrogen) atoms. The van der Waals surface area contributed by atoms with Crippen molar-refractivity contribution in [3.05, 3.63) is 17.0 Å². The average Bonchev–Trinajstić information content (AvgIpc) is 2.63. The number of nitrogens with one attached hydrogen (secondary N) is 1. The summed E-state index contributed by atoms with van der Waals surface area (Å²) in [6.45, 7) is 6.68. The normalized spacial score (nSPS) is 12.8. The Morgan fingerprint density at radius 3 is 2.73 bits per heavy atom. The molecule has 0 amide bonds. The molecule has 0 saturated heterocycles. The zero-order valence-electron chi connectivity index (χ0n) is 10.2. The quantitative estimate of drug-likeness (QED) is 0.802. The first-order chi connectivity index (χ1) is 7.19. The number of nitrogens with zero attached hydrogens (tertiary/aromatic N) is 1. The summed E-state index contributed by atoms with van der Waals surface area (Å²) in [6, 6.07) is 2.19. The third kappa shape index (κ3) is 3.50. The van der Waals surface area contributed by atoms with Gasteiger partial charge in [0.25, 0.3) is 0 Å². The lowest BCUT2D eigenvalue weighted by molar-refractivity contribution is 0.485. The van der Waals surface area contributed by atoms with Gasteiger partial charge in [0, 0.05) is 13.6 Å². The standard InChI is InChI=1S/C12H22N2S/c1-5-11(8-13-3)9-14(4)12-10(2)6-7-15-12/h6-7,11,13H,5,8-9H2,1-4H3. The maximum Gasteiger partial charge on any atom is 0.0935 e. The van der Waals surface area contributed by atoms with Crippen LogP contribution in [0.5, 0.6) is 0 Å². The van der Waals surface area contributed by atoms with E-state index < -0.39 is 0 Å². The molecule has 0 saturated carbocycles. The summed E-state index contributed by atoms with van der Waals surface area (Å²) in [4.78, 5) is 2.38. The van der Waals surface area contributed by atoms with E-state index in [0.717, 1.165) is 19.0 Å². The van der Waals surface area contributed by atoms with E-state index in [1.54, 1.807) is 0 Å². The Bertz CT molecular complexity index is 283. The average molecular weight is 226 g/mol. The van der Waals surface area contributed by atoms with Crippen LogP contribution < -0.4 is 10.2 Å². The summed E-state index contributed by atoms with van der Waals surface area (Å²) in [5, 5.41) is 6.83. The van der Waals surface area contributed by atoms with Gasteiger partial charge in [0.15, 0.2) is 0 Å². The molecule has 1 unspecified atom stereocenters. The van der Waals surface area contributed by atoms with Crippen molar-refractivity contribution >= 4 is 16.3 Å². The van der Waals surface area contributed by atoms with Gasteiger partial charge in [-0.25, -0.2) is 0 Å². The second-order valence-electron chi connectivity index (χ2n) is 4.12. The van der Waals surface area contributed by atoms with Crippen LogP contribution in [-0.4, -0.2) is 27.2 Å². The number of anilines is 1. The zero-order chi connectivity index (χ0) is 11.3.